The lowest BCUT2D eigenvalue weighted by molar-refractivity contribution is -0.359. The van der Waals surface area contributed by atoms with E-state index in [0.29, 0.717) is 12.8 Å². The number of rotatable bonds is 48. The standard InChI is InChI=1S/C64H111NO13/c1-3-5-7-9-11-13-15-17-19-21-23-25-26-28-30-32-34-36-38-40-42-44-46-48-56(69)65-52(53(68)47-45-43-41-39-37-35-33-31-29-27-24-22-20-18-16-14-12-10-8-6-4-2)51-75-63-61(74)59(72)62(55(50-67)77-63)78-64-60(73)58(71)57(70)54(49-66)76-64/h5,7,11,13,17,19,23,25,29,31,37,39,45,47,52-55,57-64,66-68,70-74H,3-4,6,8-10,12,14-16,18,20-22,24,26-28,30,32-36,38,40-44,46,48-51H2,1-2H3,(H,65,69)/b7-5-,13-11-,19-17-,25-23-,31-29+,39-37+,47-45+. The summed E-state index contributed by atoms with van der Waals surface area (Å²) >= 11 is 0. The third kappa shape index (κ3) is 33.8. The molecule has 0 aromatic rings. The summed E-state index contributed by atoms with van der Waals surface area (Å²) in [5, 5.41) is 87.2. The van der Waals surface area contributed by atoms with E-state index in [1.54, 1.807) is 6.08 Å². The van der Waals surface area contributed by atoms with E-state index >= 15 is 0 Å². The van der Waals surface area contributed by atoms with Crippen LogP contribution in [0.15, 0.2) is 85.1 Å². The number of unbranched alkanes of at least 4 members (excludes halogenated alkanes) is 23. The van der Waals surface area contributed by atoms with Gasteiger partial charge in [-0.25, -0.2) is 0 Å². The highest BCUT2D eigenvalue weighted by Crippen LogP contribution is 2.30. The molecule has 0 aromatic heterocycles. The molecular weight excluding hydrogens is 991 g/mol. The molecule has 0 bridgehead atoms. The van der Waals surface area contributed by atoms with Gasteiger partial charge < -0.3 is 65.1 Å². The van der Waals surface area contributed by atoms with Gasteiger partial charge in [0.05, 0.1) is 32.0 Å². The van der Waals surface area contributed by atoms with Gasteiger partial charge in [0.25, 0.3) is 0 Å². The Morgan fingerprint density at radius 3 is 1.41 bits per heavy atom. The summed E-state index contributed by atoms with van der Waals surface area (Å²) in [6.45, 7) is 2.66. The number of allylic oxidation sites excluding steroid dienone is 13. The van der Waals surface area contributed by atoms with Gasteiger partial charge in [0.15, 0.2) is 12.6 Å². The van der Waals surface area contributed by atoms with Crippen LogP contribution in [0.2, 0.25) is 0 Å². The number of nitrogens with one attached hydrogen (secondary N) is 1. The molecule has 14 nitrogen and oxygen atoms in total. The summed E-state index contributed by atoms with van der Waals surface area (Å²) in [4.78, 5) is 13.3. The van der Waals surface area contributed by atoms with Crippen LogP contribution in [-0.2, 0) is 23.7 Å². The topological polar surface area (TPSA) is 228 Å². The first-order valence-corrected chi connectivity index (χ1v) is 30.8. The molecule has 14 heteroatoms. The molecule has 2 saturated heterocycles. The Labute approximate surface area is 471 Å². The quantitative estimate of drug-likeness (QED) is 0.0204. The van der Waals surface area contributed by atoms with Crippen molar-refractivity contribution in [1.82, 2.24) is 5.32 Å². The van der Waals surface area contributed by atoms with Crippen molar-refractivity contribution >= 4 is 5.91 Å². The minimum Gasteiger partial charge on any atom is -0.394 e. The minimum absolute atomic E-state index is 0.260. The van der Waals surface area contributed by atoms with Crippen LogP contribution in [0.4, 0.5) is 0 Å². The van der Waals surface area contributed by atoms with E-state index in [4.69, 9.17) is 18.9 Å². The van der Waals surface area contributed by atoms with Crippen molar-refractivity contribution in [2.45, 2.75) is 293 Å². The van der Waals surface area contributed by atoms with Gasteiger partial charge in [-0.3, -0.25) is 4.79 Å². The van der Waals surface area contributed by atoms with Gasteiger partial charge in [-0.05, 0) is 83.5 Å². The maximum absolute atomic E-state index is 13.3. The van der Waals surface area contributed by atoms with Crippen molar-refractivity contribution in [3.63, 3.8) is 0 Å². The Kier molecular flexibility index (Phi) is 44.6. The first-order valence-electron chi connectivity index (χ1n) is 30.8. The summed E-state index contributed by atoms with van der Waals surface area (Å²) in [5.41, 5.74) is 0. The lowest BCUT2D eigenvalue weighted by atomic mass is 9.97. The molecule has 78 heavy (non-hydrogen) atoms. The zero-order chi connectivity index (χ0) is 56.7. The van der Waals surface area contributed by atoms with Crippen LogP contribution in [-0.4, -0.2) is 140 Å². The molecule has 0 spiro atoms. The van der Waals surface area contributed by atoms with E-state index in [0.717, 1.165) is 77.0 Å². The van der Waals surface area contributed by atoms with E-state index in [1.165, 1.54) is 109 Å². The zero-order valence-electron chi connectivity index (χ0n) is 48.4. The molecule has 9 N–H and O–H groups in total. The molecule has 2 aliphatic heterocycles. The van der Waals surface area contributed by atoms with E-state index in [-0.39, 0.29) is 18.9 Å². The Morgan fingerprint density at radius 2 is 0.897 bits per heavy atom. The monoisotopic (exact) mass is 1100 g/mol. The molecule has 1 amide bonds. The van der Waals surface area contributed by atoms with Crippen LogP contribution in [0.5, 0.6) is 0 Å². The number of aliphatic hydroxyl groups excluding tert-OH is 8. The molecule has 0 aromatic carbocycles. The summed E-state index contributed by atoms with van der Waals surface area (Å²) in [5.74, 6) is -0.261. The highest BCUT2D eigenvalue weighted by molar-refractivity contribution is 5.76. The molecular formula is C64H111NO13. The predicted molar refractivity (Wildman–Crippen MR) is 313 cm³/mol. The van der Waals surface area contributed by atoms with E-state index in [2.05, 4.69) is 92.1 Å². The summed E-state index contributed by atoms with van der Waals surface area (Å²) < 4.78 is 22.8. The Morgan fingerprint density at radius 1 is 0.474 bits per heavy atom. The SMILES string of the molecule is CC/C=C\C/C=C\C/C=C\C/C=C\CCCCCCCCCCCCC(=O)NC(COC1OC(CO)C(OC2OC(CO)C(O)C(O)C2O)C(O)C1O)C(O)/C=C/CC/C=C/CC/C=C/CCCCCCCCCCCCC. The van der Waals surface area contributed by atoms with Gasteiger partial charge in [-0.1, -0.05) is 214 Å². The molecule has 450 valence electrons. The normalized spacial score (nSPS) is 25.2. The van der Waals surface area contributed by atoms with Crippen LogP contribution in [0.25, 0.3) is 0 Å². The highest BCUT2D eigenvalue weighted by atomic mass is 16.7. The van der Waals surface area contributed by atoms with Crippen molar-refractivity contribution in [3.8, 4) is 0 Å². The summed E-state index contributed by atoms with van der Waals surface area (Å²) in [7, 11) is 0. The number of hydrogen-bond acceptors (Lipinski definition) is 13. The molecule has 2 fully saturated rings. The lowest BCUT2D eigenvalue weighted by Crippen LogP contribution is -2.65. The Bertz CT molecular complexity index is 1630. The molecule has 0 aliphatic carbocycles. The summed E-state index contributed by atoms with van der Waals surface area (Å²) in [6, 6.07) is -0.946. The first kappa shape index (κ1) is 71.3. The fraction of sp³-hybridized carbons (Fsp3) is 0.766. The lowest BCUT2D eigenvalue weighted by Gasteiger charge is -2.46. The van der Waals surface area contributed by atoms with Crippen LogP contribution in [0.1, 0.15) is 219 Å². The number of hydrogen-bond donors (Lipinski definition) is 9. The number of amides is 1. The molecule has 2 rings (SSSR count). The second-order valence-corrected chi connectivity index (χ2v) is 21.4. The van der Waals surface area contributed by atoms with Gasteiger partial charge in [0, 0.05) is 6.42 Å². The highest BCUT2D eigenvalue weighted by Gasteiger charge is 2.51. The van der Waals surface area contributed by atoms with Gasteiger partial charge >= 0.3 is 0 Å². The van der Waals surface area contributed by atoms with E-state index in [9.17, 15) is 45.6 Å². The Balaban J connectivity index is 1.78. The number of aliphatic hydroxyl groups is 8. The van der Waals surface area contributed by atoms with Gasteiger partial charge in [0.2, 0.25) is 5.91 Å². The largest absolute Gasteiger partial charge is 0.394 e. The van der Waals surface area contributed by atoms with Gasteiger partial charge in [-0.2, -0.15) is 0 Å². The number of ether oxygens (including phenoxy) is 4. The van der Waals surface area contributed by atoms with Crippen molar-refractivity contribution in [2.24, 2.45) is 0 Å². The van der Waals surface area contributed by atoms with Gasteiger partial charge in [-0.15, -0.1) is 0 Å². The minimum atomic E-state index is -1.80. The van der Waals surface area contributed by atoms with E-state index < -0.39 is 86.8 Å². The maximum Gasteiger partial charge on any atom is 0.220 e. The zero-order valence-corrected chi connectivity index (χ0v) is 48.4. The number of carbonyl (C=O) groups excluding carboxylic acids is 1. The summed E-state index contributed by atoms with van der Waals surface area (Å²) in [6.07, 6.45) is 49.0. The molecule has 2 aliphatic rings. The molecule has 12 atom stereocenters. The molecule has 2 heterocycles. The van der Waals surface area contributed by atoms with E-state index in [1.807, 2.05) is 6.08 Å². The first-order chi connectivity index (χ1) is 38.1. The van der Waals surface area contributed by atoms with Gasteiger partial charge in [0.1, 0.15) is 48.8 Å². The average molecular weight is 1100 g/mol. The fourth-order valence-corrected chi connectivity index (χ4v) is 9.61. The number of carbonyl (C=O) groups is 1. The predicted octanol–water partition coefficient (Wildman–Crippen LogP) is 10.9. The third-order valence-corrected chi connectivity index (χ3v) is 14.5. The second-order valence-electron chi connectivity index (χ2n) is 21.4. The molecule has 0 radical (unpaired) electrons. The molecule has 12 unspecified atom stereocenters. The van der Waals surface area contributed by atoms with Crippen LogP contribution in [0.3, 0.4) is 0 Å². The van der Waals surface area contributed by atoms with Crippen molar-refractivity contribution < 1.29 is 64.6 Å². The van der Waals surface area contributed by atoms with Crippen molar-refractivity contribution in [2.75, 3.05) is 19.8 Å². The Hall–Kier alpha value is -2.83. The molecule has 0 saturated carbocycles. The maximum atomic E-state index is 13.3. The average Bonchev–Trinajstić information content (AvgIpc) is 3.48. The third-order valence-electron chi connectivity index (χ3n) is 14.5. The fourth-order valence-electron chi connectivity index (χ4n) is 9.61. The van der Waals surface area contributed by atoms with Crippen LogP contribution >= 0.6 is 0 Å². The smallest absolute Gasteiger partial charge is 0.220 e. The van der Waals surface area contributed by atoms with Crippen LogP contribution < -0.4 is 5.32 Å². The second kappa shape index (κ2) is 48.8. The van der Waals surface area contributed by atoms with Crippen molar-refractivity contribution in [1.29, 1.82) is 0 Å². The van der Waals surface area contributed by atoms with Crippen LogP contribution in [0, 0.1) is 0 Å². The van der Waals surface area contributed by atoms with Crippen molar-refractivity contribution in [3.05, 3.63) is 85.1 Å².